The van der Waals surface area contributed by atoms with Crippen molar-refractivity contribution in [1.29, 1.82) is 5.26 Å². The molecule has 0 spiro atoms. The second-order valence-electron chi connectivity index (χ2n) is 7.36. The van der Waals surface area contributed by atoms with Crippen molar-refractivity contribution in [3.8, 4) is 11.8 Å². The molecule has 0 amide bonds. The smallest absolute Gasteiger partial charge is 0.242 e. The second-order valence-corrected chi connectivity index (χ2v) is 7.36. The monoisotopic (exact) mass is 389 g/mol. The van der Waals surface area contributed by atoms with Gasteiger partial charge in [-0.3, -0.25) is 4.57 Å². The van der Waals surface area contributed by atoms with Crippen LogP contribution in [0, 0.1) is 32.1 Å². The van der Waals surface area contributed by atoms with Gasteiger partial charge in [0.2, 0.25) is 5.95 Å². The summed E-state index contributed by atoms with van der Waals surface area (Å²) in [5.41, 5.74) is 2.91. The molecule has 9 nitrogen and oxygen atoms in total. The van der Waals surface area contributed by atoms with E-state index >= 15 is 0 Å². The Labute approximate surface area is 169 Å². The molecular formula is C20H23N9. The highest BCUT2D eigenvalue weighted by Gasteiger charge is 2.25. The lowest BCUT2D eigenvalue weighted by Crippen LogP contribution is -2.22. The first kappa shape index (κ1) is 18.8. The van der Waals surface area contributed by atoms with Crippen LogP contribution in [0.1, 0.15) is 42.2 Å². The van der Waals surface area contributed by atoms with Gasteiger partial charge in [-0.05, 0) is 52.2 Å². The van der Waals surface area contributed by atoms with E-state index in [1.54, 1.807) is 12.4 Å². The van der Waals surface area contributed by atoms with Crippen molar-refractivity contribution >= 4 is 11.8 Å². The zero-order valence-electron chi connectivity index (χ0n) is 16.7. The van der Waals surface area contributed by atoms with Gasteiger partial charge in [-0.1, -0.05) is 0 Å². The van der Waals surface area contributed by atoms with Crippen LogP contribution >= 0.6 is 0 Å². The fourth-order valence-corrected chi connectivity index (χ4v) is 3.75. The summed E-state index contributed by atoms with van der Waals surface area (Å²) in [6.45, 7) is 5.60. The molecule has 1 aliphatic rings. The van der Waals surface area contributed by atoms with Crippen LogP contribution in [0.4, 0.5) is 11.8 Å². The Bertz CT molecular complexity index is 1030. The highest BCUT2D eigenvalue weighted by atomic mass is 15.2. The number of nitriles is 1. The van der Waals surface area contributed by atoms with Crippen LogP contribution in [-0.2, 0) is 0 Å². The van der Waals surface area contributed by atoms with Crippen LogP contribution in [0.25, 0.3) is 5.69 Å². The Morgan fingerprint density at radius 3 is 2.48 bits per heavy atom. The van der Waals surface area contributed by atoms with Crippen LogP contribution in [0.2, 0.25) is 0 Å². The molecule has 0 unspecified atom stereocenters. The number of rotatable bonds is 5. The van der Waals surface area contributed by atoms with Gasteiger partial charge in [0.05, 0.1) is 29.5 Å². The van der Waals surface area contributed by atoms with Crippen molar-refractivity contribution in [2.24, 2.45) is 0 Å². The number of pyridine rings is 1. The number of aryl methyl sites for hydroxylation is 3. The normalized spacial score (nSPS) is 18.4. The van der Waals surface area contributed by atoms with E-state index in [-0.39, 0.29) is 0 Å². The van der Waals surface area contributed by atoms with Gasteiger partial charge in [0.25, 0.3) is 0 Å². The number of nitrogens with zero attached hydrogens (tertiary/aromatic N) is 7. The lowest BCUT2D eigenvalue weighted by Gasteiger charge is -2.15. The van der Waals surface area contributed by atoms with Crippen molar-refractivity contribution in [2.75, 3.05) is 10.6 Å². The molecule has 1 fully saturated rings. The van der Waals surface area contributed by atoms with E-state index in [2.05, 4.69) is 41.9 Å². The van der Waals surface area contributed by atoms with Gasteiger partial charge in [0.1, 0.15) is 23.4 Å². The standard InChI is InChI=1S/C20H23N9/c1-12-10-23-20(28-27-12)26-16-5-4-15(8-16)25-19-7-6-17(11-22-19)29-14(3)24-13(2)18(29)9-21/h6-7,10-11,15-16H,4-5,8H2,1-3H3,(H,22,25)(H,23,26,28)/t15-,16-/m0/s1. The molecule has 0 radical (unpaired) electrons. The largest absolute Gasteiger partial charge is 0.367 e. The molecule has 0 aromatic carbocycles. The minimum Gasteiger partial charge on any atom is -0.367 e. The first-order valence-electron chi connectivity index (χ1n) is 9.65. The summed E-state index contributed by atoms with van der Waals surface area (Å²) in [5.74, 6) is 2.17. The molecule has 3 aromatic rings. The summed E-state index contributed by atoms with van der Waals surface area (Å²) in [4.78, 5) is 13.2. The topological polar surface area (TPSA) is 117 Å². The maximum absolute atomic E-state index is 9.40. The van der Waals surface area contributed by atoms with Crippen molar-refractivity contribution in [2.45, 2.75) is 52.1 Å². The summed E-state index contributed by atoms with van der Waals surface area (Å²) in [7, 11) is 0. The van der Waals surface area contributed by atoms with Crippen LogP contribution in [0.15, 0.2) is 24.5 Å². The van der Waals surface area contributed by atoms with E-state index in [4.69, 9.17) is 0 Å². The van der Waals surface area contributed by atoms with Crippen LogP contribution < -0.4 is 10.6 Å². The van der Waals surface area contributed by atoms with Gasteiger partial charge < -0.3 is 10.6 Å². The number of nitrogens with one attached hydrogen (secondary N) is 2. The van der Waals surface area contributed by atoms with E-state index in [9.17, 15) is 5.26 Å². The zero-order valence-corrected chi connectivity index (χ0v) is 16.7. The van der Waals surface area contributed by atoms with Crippen LogP contribution in [0.5, 0.6) is 0 Å². The average molecular weight is 389 g/mol. The van der Waals surface area contributed by atoms with Gasteiger partial charge in [0, 0.05) is 12.1 Å². The summed E-state index contributed by atoms with van der Waals surface area (Å²) in [6, 6.07) is 6.76. The molecule has 2 N–H and O–H groups in total. The Balaban J connectivity index is 1.39. The molecule has 1 saturated carbocycles. The van der Waals surface area contributed by atoms with Crippen molar-refractivity contribution in [3.05, 3.63) is 47.4 Å². The molecule has 1 aliphatic carbocycles. The molecule has 0 aliphatic heterocycles. The minimum absolute atomic E-state index is 0.311. The predicted molar refractivity (Wildman–Crippen MR) is 109 cm³/mol. The Morgan fingerprint density at radius 1 is 1.03 bits per heavy atom. The number of aromatic nitrogens is 6. The Hall–Kier alpha value is -3.54. The van der Waals surface area contributed by atoms with Crippen molar-refractivity contribution in [1.82, 2.24) is 29.7 Å². The first-order valence-corrected chi connectivity index (χ1v) is 9.65. The van der Waals surface area contributed by atoms with E-state index in [1.165, 1.54) is 0 Å². The van der Waals surface area contributed by atoms with Gasteiger partial charge in [-0.15, -0.1) is 5.10 Å². The van der Waals surface area contributed by atoms with E-state index < -0.39 is 0 Å². The SMILES string of the molecule is Cc1cnc(N[C@H]2CC[C@H](Nc3ccc(-n4c(C)nc(C)c4C#N)cn3)C2)nn1. The van der Waals surface area contributed by atoms with Crippen LogP contribution in [-0.4, -0.2) is 41.8 Å². The minimum atomic E-state index is 0.311. The van der Waals surface area contributed by atoms with Gasteiger partial charge >= 0.3 is 0 Å². The molecule has 4 rings (SSSR count). The third-order valence-corrected chi connectivity index (χ3v) is 5.13. The molecule has 29 heavy (non-hydrogen) atoms. The zero-order chi connectivity index (χ0) is 20.4. The quantitative estimate of drug-likeness (QED) is 0.684. The number of hydrogen-bond acceptors (Lipinski definition) is 8. The van der Waals surface area contributed by atoms with E-state index in [1.807, 2.05) is 37.5 Å². The number of anilines is 2. The molecule has 0 bridgehead atoms. The highest BCUT2D eigenvalue weighted by Crippen LogP contribution is 2.25. The Kier molecular flexibility index (Phi) is 5.08. The highest BCUT2D eigenvalue weighted by molar-refractivity contribution is 5.46. The summed E-state index contributed by atoms with van der Waals surface area (Å²) < 4.78 is 1.83. The predicted octanol–water partition coefficient (Wildman–Crippen LogP) is 2.69. The van der Waals surface area contributed by atoms with Gasteiger partial charge in [-0.2, -0.15) is 10.4 Å². The fraction of sp³-hybridized carbons (Fsp3) is 0.400. The maximum atomic E-state index is 9.40. The van der Waals surface area contributed by atoms with Crippen LogP contribution in [0.3, 0.4) is 0 Å². The molecule has 9 heteroatoms. The summed E-state index contributed by atoms with van der Waals surface area (Å²) in [6.07, 6.45) is 6.52. The molecule has 3 heterocycles. The lowest BCUT2D eigenvalue weighted by atomic mass is 10.2. The fourth-order valence-electron chi connectivity index (χ4n) is 3.75. The molecule has 2 atom stereocenters. The molecule has 0 saturated heterocycles. The van der Waals surface area contributed by atoms with E-state index in [0.29, 0.717) is 23.7 Å². The second kappa shape index (κ2) is 7.83. The van der Waals surface area contributed by atoms with Gasteiger partial charge in [-0.25, -0.2) is 15.0 Å². The number of imidazole rings is 1. The van der Waals surface area contributed by atoms with Crippen molar-refractivity contribution in [3.63, 3.8) is 0 Å². The summed E-state index contributed by atoms with van der Waals surface area (Å²) >= 11 is 0. The third-order valence-electron chi connectivity index (χ3n) is 5.13. The molecular weight excluding hydrogens is 366 g/mol. The van der Waals surface area contributed by atoms with Gasteiger partial charge in [0.15, 0.2) is 0 Å². The Morgan fingerprint density at radius 2 is 1.83 bits per heavy atom. The van der Waals surface area contributed by atoms with Crippen molar-refractivity contribution < 1.29 is 0 Å². The summed E-state index contributed by atoms with van der Waals surface area (Å²) in [5, 5.41) is 24.4. The lowest BCUT2D eigenvalue weighted by molar-refractivity contribution is 0.712. The third kappa shape index (κ3) is 4.01. The molecule has 148 valence electrons. The maximum Gasteiger partial charge on any atom is 0.242 e. The molecule has 3 aromatic heterocycles. The number of hydrogen-bond donors (Lipinski definition) is 2. The van der Waals surface area contributed by atoms with E-state index in [0.717, 1.165) is 48.0 Å². The average Bonchev–Trinajstić information content (AvgIpc) is 3.27. The first-order chi connectivity index (χ1) is 14.0.